The lowest BCUT2D eigenvalue weighted by Crippen LogP contribution is -1.95. The number of fused-ring (bicyclic) bond motifs is 6. The highest BCUT2D eigenvalue weighted by atomic mass is 15.0. The van der Waals surface area contributed by atoms with Gasteiger partial charge in [0.05, 0.1) is 28.6 Å². The monoisotopic (exact) mass is 372 g/mol. The SMILES string of the molecule is c1ccc(-c2nc3c4cccnc4c4ccncc4n3c2-c2ccccc2)cc1. The van der Waals surface area contributed by atoms with E-state index in [1.54, 1.807) is 0 Å². The van der Waals surface area contributed by atoms with E-state index in [9.17, 15) is 0 Å². The first kappa shape index (κ1) is 16.0. The van der Waals surface area contributed by atoms with Crippen LogP contribution >= 0.6 is 0 Å². The van der Waals surface area contributed by atoms with Crippen molar-refractivity contribution in [1.82, 2.24) is 19.4 Å². The van der Waals surface area contributed by atoms with Crippen LogP contribution < -0.4 is 0 Å². The molecule has 4 heteroatoms. The number of hydrogen-bond donors (Lipinski definition) is 0. The summed E-state index contributed by atoms with van der Waals surface area (Å²) in [6, 6.07) is 26.8. The van der Waals surface area contributed by atoms with Crippen molar-refractivity contribution < 1.29 is 0 Å². The van der Waals surface area contributed by atoms with Gasteiger partial charge in [0.15, 0.2) is 0 Å². The van der Waals surface area contributed by atoms with Crippen LogP contribution in [-0.4, -0.2) is 19.4 Å². The summed E-state index contributed by atoms with van der Waals surface area (Å²) in [6.07, 6.45) is 5.55. The second-order valence-corrected chi connectivity index (χ2v) is 6.99. The first-order chi connectivity index (χ1) is 14.4. The lowest BCUT2D eigenvalue weighted by Gasteiger charge is -2.10. The highest BCUT2D eigenvalue weighted by molar-refractivity contribution is 6.11. The second-order valence-electron chi connectivity index (χ2n) is 6.99. The molecule has 6 aromatic rings. The predicted octanol–water partition coefficient (Wildman–Crippen LogP) is 5.76. The number of benzene rings is 2. The lowest BCUT2D eigenvalue weighted by molar-refractivity contribution is 1.23. The average Bonchev–Trinajstić information content (AvgIpc) is 3.22. The minimum Gasteiger partial charge on any atom is -0.289 e. The lowest BCUT2D eigenvalue weighted by atomic mass is 10.0. The molecule has 136 valence electrons. The summed E-state index contributed by atoms with van der Waals surface area (Å²) in [7, 11) is 0. The Morgan fingerprint density at radius 1 is 0.655 bits per heavy atom. The summed E-state index contributed by atoms with van der Waals surface area (Å²) in [4.78, 5) is 14.2. The zero-order chi connectivity index (χ0) is 19.2. The van der Waals surface area contributed by atoms with Gasteiger partial charge in [0.1, 0.15) is 5.65 Å². The Hall–Kier alpha value is -4.05. The van der Waals surface area contributed by atoms with E-state index in [0.29, 0.717) is 0 Å². The molecule has 4 nitrogen and oxygen atoms in total. The molecule has 0 spiro atoms. The molecule has 0 fully saturated rings. The fourth-order valence-electron chi connectivity index (χ4n) is 4.06. The minimum absolute atomic E-state index is 0.895. The van der Waals surface area contributed by atoms with Crippen LogP contribution in [-0.2, 0) is 0 Å². The molecule has 4 heterocycles. The number of rotatable bonds is 2. The van der Waals surface area contributed by atoms with Crippen molar-refractivity contribution in [3.63, 3.8) is 0 Å². The standard InChI is InChI=1S/C25H16N4/c1-3-8-17(9-4-1)22-24(18-10-5-2-6-11-18)29-21-16-26-15-13-19(21)23-20(25(29)28-22)12-7-14-27-23/h1-16H. The number of pyridine rings is 3. The van der Waals surface area contributed by atoms with Crippen LogP contribution in [0.3, 0.4) is 0 Å². The zero-order valence-corrected chi connectivity index (χ0v) is 15.5. The molecular formula is C25H16N4. The van der Waals surface area contributed by atoms with Gasteiger partial charge in [0.2, 0.25) is 0 Å². The van der Waals surface area contributed by atoms with Gasteiger partial charge in [0, 0.05) is 34.3 Å². The Kier molecular flexibility index (Phi) is 3.43. The van der Waals surface area contributed by atoms with Crippen molar-refractivity contribution >= 4 is 27.5 Å². The van der Waals surface area contributed by atoms with Crippen molar-refractivity contribution in [2.75, 3.05) is 0 Å². The molecule has 0 aliphatic rings. The fourth-order valence-corrected chi connectivity index (χ4v) is 4.06. The quantitative estimate of drug-likeness (QED) is 0.363. The molecule has 0 aliphatic carbocycles. The third-order valence-corrected chi connectivity index (χ3v) is 5.32. The number of nitrogens with zero attached hydrogens (tertiary/aromatic N) is 4. The second kappa shape index (κ2) is 6.24. The maximum Gasteiger partial charge on any atom is 0.148 e. The van der Waals surface area contributed by atoms with E-state index < -0.39 is 0 Å². The molecule has 0 aliphatic heterocycles. The predicted molar refractivity (Wildman–Crippen MR) is 117 cm³/mol. The van der Waals surface area contributed by atoms with E-state index in [2.05, 4.69) is 56.8 Å². The molecule has 0 N–H and O–H groups in total. The molecule has 4 aromatic heterocycles. The van der Waals surface area contributed by atoms with Crippen LogP contribution in [0.25, 0.3) is 50.0 Å². The normalized spacial score (nSPS) is 11.4. The topological polar surface area (TPSA) is 43.1 Å². The van der Waals surface area contributed by atoms with Crippen molar-refractivity contribution in [2.45, 2.75) is 0 Å². The van der Waals surface area contributed by atoms with E-state index in [1.807, 2.05) is 55.0 Å². The number of aromatic nitrogens is 4. The van der Waals surface area contributed by atoms with Crippen LogP contribution in [0, 0.1) is 0 Å². The Labute approximate surface area is 167 Å². The van der Waals surface area contributed by atoms with E-state index in [-0.39, 0.29) is 0 Å². The van der Waals surface area contributed by atoms with Gasteiger partial charge in [-0.1, -0.05) is 60.7 Å². The van der Waals surface area contributed by atoms with Gasteiger partial charge in [-0.15, -0.1) is 0 Å². The van der Waals surface area contributed by atoms with E-state index >= 15 is 0 Å². The minimum atomic E-state index is 0.895. The molecule has 0 bridgehead atoms. The molecule has 0 unspecified atom stereocenters. The highest BCUT2D eigenvalue weighted by Gasteiger charge is 2.20. The first-order valence-corrected chi connectivity index (χ1v) is 9.55. The van der Waals surface area contributed by atoms with E-state index in [4.69, 9.17) is 4.98 Å². The smallest absolute Gasteiger partial charge is 0.148 e. The van der Waals surface area contributed by atoms with Crippen molar-refractivity contribution in [3.05, 3.63) is 97.5 Å². The Bertz CT molecular complexity index is 1490. The molecule has 0 saturated heterocycles. The maximum absolute atomic E-state index is 5.13. The third kappa shape index (κ3) is 2.36. The van der Waals surface area contributed by atoms with Crippen molar-refractivity contribution in [1.29, 1.82) is 0 Å². The summed E-state index contributed by atoms with van der Waals surface area (Å²) in [5, 5.41) is 2.10. The van der Waals surface area contributed by atoms with Gasteiger partial charge < -0.3 is 0 Å². The maximum atomic E-state index is 5.13. The number of imidazole rings is 1. The number of hydrogen-bond acceptors (Lipinski definition) is 3. The molecule has 0 amide bonds. The first-order valence-electron chi connectivity index (χ1n) is 9.55. The van der Waals surface area contributed by atoms with Crippen LogP contribution in [0.1, 0.15) is 0 Å². The summed E-state index contributed by atoms with van der Waals surface area (Å²) in [6.45, 7) is 0. The molecule has 29 heavy (non-hydrogen) atoms. The van der Waals surface area contributed by atoms with Gasteiger partial charge in [0.25, 0.3) is 0 Å². The molecule has 0 radical (unpaired) electrons. The van der Waals surface area contributed by atoms with Gasteiger partial charge in [-0.05, 0) is 18.2 Å². The Balaban J connectivity index is 1.90. The summed E-state index contributed by atoms with van der Waals surface area (Å²) < 4.78 is 2.23. The third-order valence-electron chi connectivity index (χ3n) is 5.32. The van der Waals surface area contributed by atoms with Crippen LogP contribution in [0.15, 0.2) is 97.5 Å². The van der Waals surface area contributed by atoms with Crippen molar-refractivity contribution in [2.24, 2.45) is 0 Å². The Morgan fingerprint density at radius 2 is 1.41 bits per heavy atom. The molecular weight excluding hydrogens is 356 g/mol. The van der Waals surface area contributed by atoms with Gasteiger partial charge in [-0.25, -0.2) is 4.98 Å². The van der Waals surface area contributed by atoms with Crippen LogP contribution in [0.5, 0.6) is 0 Å². The molecule has 2 aromatic carbocycles. The zero-order valence-electron chi connectivity index (χ0n) is 15.5. The summed E-state index contributed by atoms with van der Waals surface area (Å²) >= 11 is 0. The average molecular weight is 372 g/mol. The largest absolute Gasteiger partial charge is 0.289 e. The summed E-state index contributed by atoms with van der Waals surface area (Å²) in [5.74, 6) is 0. The fraction of sp³-hybridized carbons (Fsp3) is 0. The van der Waals surface area contributed by atoms with Gasteiger partial charge in [-0.2, -0.15) is 0 Å². The van der Waals surface area contributed by atoms with Crippen molar-refractivity contribution in [3.8, 4) is 22.5 Å². The summed E-state index contributed by atoms with van der Waals surface area (Å²) in [5.41, 5.74) is 7.07. The Morgan fingerprint density at radius 3 is 2.21 bits per heavy atom. The molecule has 0 atom stereocenters. The van der Waals surface area contributed by atoms with Crippen LogP contribution in [0.2, 0.25) is 0 Å². The van der Waals surface area contributed by atoms with Gasteiger partial charge in [-0.3, -0.25) is 14.4 Å². The van der Waals surface area contributed by atoms with E-state index in [1.165, 1.54) is 0 Å². The highest BCUT2D eigenvalue weighted by Crippen LogP contribution is 2.37. The van der Waals surface area contributed by atoms with Crippen LogP contribution in [0.4, 0.5) is 0 Å². The van der Waals surface area contributed by atoms with E-state index in [0.717, 1.165) is 50.0 Å². The molecule has 0 saturated carbocycles. The molecule has 6 rings (SSSR count). The van der Waals surface area contributed by atoms with Gasteiger partial charge >= 0.3 is 0 Å².